The maximum atomic E-state index is 13.0. The van der Waals surface area contributed by atoms with E-state index in [1.165, 1.54) is 16.0 Å². The number of carbonyl (C=O) groups excluding carboxylic acids is 1. The molecule has 1 amide bonds. The van der Waals surface area contributed by atoms with E-state index in [9.17, 15) is 18.0 Å². The van der Waals surface area contributed by atoms with Crippen LogP contribution in [0.2, 0.25) is 0 Å². The van der Waals surface area contributed by atoms with Crippen LogP contribution in [-0.4, -0.2) is 57.3 Å². The van der Waals surface area contributed by atoms with Crippen LogP contribution in [0.5, 0.6) is 0 Å². The Labute approximate surface area is 175 Å². The van der Waals surface area contributed by atoms with Crippen molar-refractivity contribution in [1.29, 1.82) is 0 Å². The number of fused-ring (bicyclic) bond motifs is 1. The van der Waals surface area contributed by atoms with Crippen LogP contribution in [0.15, 0.2) is 47.8 Å². The van der Waals surface area contributed by atoms with Crippen molar-refractivity contribution >= 4 is 29.0 Å². The van der Waals surface area contributed by atoms with Gasteiger partial charge in [-0.1, -0.05) is 23.9 Å². The van der Waals surface area contributed by atoms with E-state index in [0.29, 0.717) is 18.7 Å². The number of benzene rings is 1. The molecule has 10 heteroatoms. The summed E-state index contributed by atoms with van der Waals surface area (Å²) in [4.78, 5) is 16.6. The van der Waals surface area contributed by atoms with Crippen molar-refractivity contribution in [2.24, 2.45) is 0 Å². The van der Waals surface area contributed by atoms with E-state index in [0.717, 1.165) is 42.8 Å². The maximum absolute atomic E-state index is 13.0. The van der Waals surface area contributed by atoms with E-state index in [4.69, 9.17) is 0 Å². The number of hydrogen-bond donors (Lipinski definition) is 0. The molecule has 0 unspecified atom stereocenters. The third-order valence-corrected chi connectivity index (χ3v) is 5.95. The summed E-state index contributed by atoms with van der Waals surface area (Å²) in [6, 6.07) is 10.5. The van der Waals surface area contributed by atoms with E-state index in [1.54, 1.807) is 4.90 Å². The van der Waals surface area contributed by atoms with Crippen LogP contribution in [0.25, 0.3) is 5.65 Å². The van der Waals surface area contributed by atoms with Crippen LogP contribution in [-0.2, 0) is 11.0 Å². The van der Waals surface area contributed by atoms with E-state index in [2.05, 4.69) is 27.2 Å². The fourth-order valence-electron chi connectivity index (χ4n) is 3.39. The molecule has 4 rings (SSSR count). The molecule has 0 N–H and O–H groups in total. The van der Waals surface area contributed by atoms with Crippen molar-refractivity contribution in [2.75, 3.05) is 36.8 Å². The van der Waals surface area contributed by atoms with Gasteiger partial charge in [-0.05, 0) is 36.8 Å². The highest BCUT2D eigenvalue weighted by molar-refractivity contribution is 7.99. The minimum absolute atomic E-state index is 0.0624. The van der Waals surface area contributed by atoms with Gasteiger partial charge in [-0.3, -0.25) is 9.20 Å². The van der Waals surface area contributed by atoms with Gasteiger partial charge in [0, 0.05) is 38.1 Å². The normalized spacial score (nSPS) is 15.1. The Morgan fingerprint density at radius 1 is 1.10 bits per heavy atom. The fraction of sp³-hybridized carbons (Fsp3) is 0.350. The Kier molecular flexibility index (Phi) is 5.59. The summed E-state index contributed by atoms with van der Waals surface area (Å²) in [6.45, 7) is 4.73. The van der Waals surface area contributed by atoms with Crippen molar-refractivity contribution in [3.8, 4) is 0 Å². The Morgan fingerprint density at radius 2 is 1.87 bits per heavy atom. The molecule has 0 bridgehead atoms. The lowest BCUT2D eigenvalue weighted by Crippen LogP contribution is -2.49. The van der Waals surface area contributed by atoms with Gasteiger partial charge in [-0.25, -0.2) is 0 Å². The first-order valence-corrected chi connectivity index (χ1v) is 10.4. The number of alkyl halides is 3. The molecule has 0 spiro atoms. The topological polar surface area (TPSA) is 53.7 Å². The van der Waals surface area contributed by atoms with Crippen molar-refractivity contribution in [2.45, 2.75) is 18.3 Å². The van der Waals surface area contributed by atoms with Gasteiger partial charge in [0.1, 0.15) is 0 Å². The molecule has 1 fully saturated rings. The fourth-order valence-corrected chi connectivity index (χ4v) is 4.21. The van der Waals surface area contributed by atoms with Gasteiger partial charge < -0.3 is 9.80 Å². The highest BCUT2D eigenvalue weighted by Gasteiger charge is 2.31. The third-order valence-electron chi connectivity index (χ3n) is 5.02. The SMILES string of the molecule is Cc1cccc(N2CCN(C(=O)CSc3nnc4ccc(C(F)(F)F)cn34)CC2)c1. The molecule has 1 saturated heterocycles. The second-order valence-electron chi connectivity index (χ2n) is 7.12. The average molecular weight is 435 g/mol. The molecule has 30 heavy (non-hydrogen) atoms. The molecule has 0 atom stereocenters. The summed E-state index contributed by atoms with van der Waals surface area (Å²) in [5.41, 5.74) is 1.86. The first-order valence-electron chi connectivity index (χ1n) is 9.45. The number of rotatable bonds is 4. The van der Waals surface area contributed by atoms with Crippen LogP contribution in [0.1, 0.15) is 11.1 Å². The predicted molar refractivity (Wildman–Crippen MR) is 109 cm³/mol. The van der Waals surface area contributed by atoms with E-state index in [1.807, 2.05) is 19.1 Å². The summed E-state index contributed by atoms with van der Waals surface area (Å²) in [5.74, 6) is 0.0363. The van der Waals surface area contributed by atoms with Crippen LogP contribution >= 0.6 is 11.8 Å². The number of amides is 1. The van der Waals surface area contributed by atoms with Crippen LogP contribution in [0.3, 0.4) is 0 Å². The molecule has 2 aromatic heterocycles. The molecule has 0 aliphatic carbocycles. The third kappa shape index (κ3) is 4.38. The summed E-state index contributed by atoms with van der Waals surface area (Å²) < 4.78 is 40.2. The quantitative estimate of drug-likeness (QED) is 0.588. The number of halogens is 3. The second-order valence-corrected chi connectivity index (χ2v) is 8.06. The monoisotopic (exact) mass is 435 g/mol. The summed E-state index contributed by atoms with van der Waals surface area (Å²) in [5, 5.41) is 8.07. The number of aryl methyl sites for hydroxylation is 1. The minimum atomic E-state index is -4.45. The lowest BCUT2D eigenvalue weighted by atomic mass is 10.2. The molecular weight excluding hydrogens is 415 g/mol. The molecule has 3 heterocycles. The summed E-state index contributed by atoms with van der Waals surface area (Å²) in [6.07, 6.45) is -3.49. The Bertz CT molecular complexity index is 1060. The summed E-state index contributed by atoms with van der Waals surface area (Å²) >= 11 is 1.09. The number of carbonyl (C=O) groups is 1. The van der Waals surface area contributed by atoms with Gasteiger partial charge in [0.15, 0.2) is 10.8 Å². The lowest BCUT2D eigenvalue weighted by Gasteiger charge is -2.36. The first-order chi connectivity index (χ1) is 14.3. The second kappa shape index (κ2) is 8.17. The summed E-state index contributed by atoms with van der Waals surface area (Å²) in [7, 11) is 0. The number of hydrogen-bond acceptors (Lipinski definition) is 5. The molecule has 1 aromatic carbocycles. The van der Waals surface area contributed by atoms with Gasteiger partial charge in [0.05, 0.1) is 11.3 Å². The highest BCUT2D eigenvalue weighted by atomic mass is 32.2. The number of anilines is 1. The number of piperazine rings is 1. The molecule has 6 nitrogen and oxygen atoms in total. The molecule has 1 aliphatic heterocycles. The van der Waals surface area contributed by atoms with Gasteiger partial charge in [-0.2, -0.15) is 13.2 Å². The zero-order valence-corrected chi connectivity index (χ0v) is 17.1. The standard InChI is InChI=1S/C20H20F3N5OS/c1-14-3-2-4-16(11-14)26-7-9-27(10-8-26)18(29)13-30-19-25-24-17-6-5-15(12-28(17)19)20(21,22)23/h2-6,11-12H,7-10,13H2,1H3. The molecule has 0 saturated carbocycles. The van der Waals surface area contributed by atoms with Crippen molar-refractivity contribution in [3.63, 3.8) is 0 Å². The van der Waals surface area contributed by atoms with Crippen LogP contribution < -0.4 is 4.90 Å². The molecule has 158 valence electrons. The first kappa shape index (κ1) is 20.5. The highest BCUT2D eigenvalue weighted by Crippen LogP contribution is 2.30. The molecular formula is C20H20F3N5OS. The number of nitrogens with zero attached hydrogens (tertiary/aromatic N) is 5. The van der Waals surface area contributed by atoms with Gasteiger partial charge in [-0.15, -0.1) is 10.2 Å². The Balaban J connectivity index is 1.36. The smallest absolute Gasteiger partial charge is 0.368 e. The largest absolute Gasteiger partial charge is 0.417 e. The van der Waals surface area contributed by atoms with Crippen molar-refractivity contribution < 1.29 is 18.0 Å². The van der Waals surface area contributed by atoms with Gasteiger partial charge in [0.25, 0.3) is 0 Å². The lowest BCUT2D eigenvalue weighted by molar-refractivity contribution is -0.138. The molecule has 0 radical (unpaired) electrons. The van der Waals surface area contributed by atoms with Crippen LogP contribution in [0, 0.1) is 6.92 Å². The van der Waals surface area contributed by atoms with Gasteiger partial charge in [0.2, 0.25) is 5.91 Å². The van der Waals surface area contributed by atoms with Crippen molar-refractivity contribution in [3.05, 3.63) is 53.7 Å². The number of pyridine rings is 1. The number of aromatic nitrogens is 3. The average Bonchev–Trinajstić information content (AvgIpc) is 3.14. The van der Waals surface area contributed by atoms with E-state index < -0.39 is 11.7 Å². The van der Waals surface area contributed by atoms with Crippen LogP contribution in [0.4, 0.5) is 18.9 Å². The van der Waals surface area contributed by atoms with E-state index >= 15 is 0 Å². The van der Waals surface area contributed by atoms with Gasteiger partial charge >= 0.3 is 6.18 Å². The minimum Gasteiger partial charge on any atom is -0.368 e. The number of thioether (sulfide) groups is 1. The molecule has 3 aromatic rings. The van der Waals surface area contributed by atoms with Crippen molar-refractivity contribution in [1.82, 2.24) is 19.5 Å². The maximum Gasteiger partial charge on any atom is 0.417 e. The zero-order chi connectivity index (χ0) is 21.3. The Morgan fingerprint density at radius 3 is 2.57 bits per heavy atom. The predicted octanol–water partition coefficient (Wildman–Crippen LogP) is 3.50. The zero-order valence-electron chi connectivity index (χ0n) is 16.3. The molecule has 1 aliphatic rings. The Hall–Kier alpha value is -2.75. The van der Waals surface area contributed by atoms with E-state index in [-0.39, 0.29) is 16.8 Å².